The Morgan fingerprint density at radius 3 is 2.45 bits per heavy atom. The van der Waals surface area contributed by atoms with E-state index in [4.69, 9.17) is 4.74 Å². The first-order valence-corrected chi connectivity index (χ1v) is 7.02. The average molecular weight is 275 g/mol. The summed E-state index contributed by atoms with van der Waals surface area (Å²) in [5, 5.41) is 0. The minimum atomic E-state index is -0.00863. The fourth-order valence-corrected chi connectivity index (χ4v) is 2.49. The molecule has 1 amide bonds. The zero-order valence-electron chi connectivity index (χ0n) is 12.1. The van der Waals surface area contributed by atoms with Crippen LogP contribution in [0.25, 0.3) is 0 Å². The van der Waals surface area contributed by atoms with Gasteiger partial charge in [0.15, 0.2) is 5.78 Å². The first-order chi connectivity index (χ1) is 9.58. The van der Waals surface area contributed by atoms with Gasteiger partial charge in [-0.1, -0.05) is 12.1 Å². The molecule has 1 saturated heterocycles. The Kier molecular flexibility index (Phi) is 4.90. The van der Waals surface area contributed by atoms with Gasteiger partial charge in [0.2, 0.25) is 0 Å². The van der Waals surface area contributed by atoms with Crippen molar-refractivity contribution in [3.05, 3.63) is 35.4 Å². The Bertz CT molecular complexity index is 475. The fourth-order valence-electron chi connectivity index (χ4n) is 2.49. The number of hydrogen-bond donors (Lipinski definition) is 0. The molecule has 0 unspecified atom stereocenters. The van der Waals surface area contributed by atoms with Crippen molar-refractivity contribution in [2.45, 2.75) is 19.8 Å². The molecule has 4 heteroatoms. The van der Waals surface area contributed by atoms with E-state index < -0.39 is 0 Å². The van der Waals surface area contributed by atoms with Crippen molar-refractivity contribution < 1.29 is 14.3 Å². The van der Waals surface area contributed by atoms with Gasteiger partial charge in [-0.05, 0) is 37.8 Å². The molecule has 1 aliphatic heterocycles. The highest BCUT2D eigenvalue weighted by molar-refractivity contribution is 5.97. The van der Waals surface area contributed by atoms with Gasteiger partial charge in [0.05, 0.1) is 6.61 Å². The van der Waals surface area contributed by atoms with E-state index in [0.29, 0.717) is 23.6 Å². The average Bonchev–Trinajstić information content (AvgIpc) is 2.47. The number of hydrogen-bond acceptors (Lipinski definition) is 3. The molecule has 0 spiro atoms. The third-order valence-electron chi connectivity index (χ3n) is 3.67. The molecule has 2 rings (SSSR count). The molecular weight excluding hydrogens is 254 g/mol. The summed E-state index contributed by atoms with van der Waals surface area (Å²) in [7, 11) is 1.82. The Balaban J connectivity index is 1.96. The molecule has 0 radical (unpaired) electrons. The molecule has 0 aromatic heterocycles. The quantitative estimate of drug-likeness (QED) is 0.793. The summed E-state index contributed by atoms with van der Waals surface area (Å²) in [6.45, 7) is 3.81. The van der Waals surface area contributed by atoms with Crippen LogP contribution in [0.15, 0.2) is 24.3 Å². The monoisotopic (exact) mass is 275 g/mol. The van der Waals surface area contributed by atoms with Crippen LogP contribution in [0.5, 0.6) is 0 Å². The van der Waals surface area contributed by atoms with Crippen LogP contribution >= 0.6 is 0 Å². The summed E-state index contributed by atoms with van der Waals surface area (Å²) in [5.41, 5.74) is 1.25. The maximum absolute atomic E-state index is 12.3. The van der Waals surface area contributed by atoms with Crippen LogP contribution in [0.4, 0.5) is 0 Å². The molecule has 0 N–H and O–H groups in total. The molecule has 1 fully saturated rings. The van der Waals surface area contributed by atoms with E-state index >= 15 is 0 Å². The third kappa shape index (κ3) is 3.67. The Morgan fingerprint density at radius 2 is 1.90 bits per heavy atom. The van der Waals surface area contributed by atoms with Crippen molar-refractivity contribution in [3.8, 4) is 0 Å². The molecule has 1 atom stereocenters. The van der Waals surface area contributed by atoms with Crippen molar-refractivity contribution in [1.29, 1.82) is 0 Å². The lowest BCUT2D eigenvalue weighted by Crippen LogP contribution is -2.35. The zero-order valence-corrected chi connectivity index (χ0v) is 12.1. The van der Waals surface area contributed by atoms with E-state index in [1.54, 1.807) is 29.2 Å². The number of carbonyl (C=O) groups excluding carboxylic acids is 2. The van der Waals surface area contributed by atoms with Gasteiger partial charge in [-0.15, -0.1) is 0 Å². The van der Waals surface area contributed by atoms with Crippen LogP contribution in [0, 0.1) is 5.92 Å². The van der Waals surface area contributed by atoms with E-state index in [9.17, 15) is 9.59 Å². The van der Waals surface area contributed by atoms with E-state index in [-0.39, 0.29) is 11.7 Å². The normalized spacial score (nSPS) is 18.6. The molecule has 1 heterocycles. The maximum Gasteiger partial charge on any atom is 0.253 e. The summed E-state index contributed by atoms with van der Waals surface area (Å²) in [6.07, 6.45) is 2.18. The maximum atomic E-state index is 12.3. The van der Waals surface area contributed by atoms with Gasteiger partial charge in [0.25, 0.3) is 5.91 Å². The molecule has 4 nitrogen and oxygen atoms in total. The lowest BCUT2D eigenvalue weighted by Gasteiger charge is -2.27. The van der Waals surface area contributed by atoms with E-state index in [0.717, 1.165) is 26.1 Å². The highest BCUT2D eigenvalue weighted by atomic mass is 16.5. The van der Waals surface area contributed by atoms with Gasteiger partial charge in [0, 0.05) is 31.3 Å². The smallest absolute Gasteiger partial charge is 0.253 e. The summed E-state index contributed by atoms with van der Waals surface area (Å²) < 4.78 is 5.44. The molecule has 1 aliphatic rings. The number of benzene rings is 1. The number of Topliss-reactive ketones (excluding diaryl/α,β-unsaturated/α-hetero) is 1. The molecule has 0 saturated carbocycles. The number of carbonyl (C=O) groups is 2. The standard InChI is InChI=1S/C16H21NO3/c1-12(18)14-5-7-15(8-6-14)16(19)17(2)10-13-4-3-9-20-11-13/h5-8,13H,3-4,9-11H2,1-2H3/t13-/m0/s1. The number of ketones is 1. The third-order valence-corrected chi connectivity index (χ3v) is 3.67. The Hall–Kier alpha value is -1.68. The molecular formula is C16H21NO3. The molecule has 0 bridgehead atoms. The lowest BCUT2D eigenvalue weighted by molar-refractivity contribution is 0.0388. The fraction of sp³-hybridized carbons (Fsp3) is 0.500. The Labute approximate surface area is 119 Å². The van der Waals surface area contributed by atoms with Crippen LogP contribution in [0.3, 0.4) is 0 Å². The predicted molar refractivity (Wildman–Crippen MR) is 77.0 cm³/mol. The van der Waals surface area contributed by atoms with Gasteiger partial charge in [-0.2, -0.15) is 0 Å². The van der Waals surface area contributed by atoms with E-state index in [1.807, 2.05) is 7.05 Å². The number of ether oxygens (including phenoxy) is 1. The Morgan fingerprint density at radius 1 is 1.25 bits per heavy atom. The van der Waals surface area contributed by atoms with Gasteiger partial charge in [-0.25, -0.2) is 0 Å². The number of rotatable bonds is 4. The van der Waals surface area contributed by atoms with E-state index in [2.05, 4.69) is 0 Å². The van der Waals surface area contributed by atoms with Crippen molar-refractivity contribution in [2.24, 2.45) is 5.92 Å². The zero-order chi connectivity index (χ0) is 14.5. The van der Waals surface area contributed by atoms with Gasteiger partial charge < -0.3 is 9.64 Å². The van der Waals surface area contributed by atoms with Crippen molar-refractivity contribution in [2.75, 3.05) is 26.8 Å². The molecule has 20 heavy (non-hydrogen) atoms. The molecule has 108 valence electrons. The lowest BCUT2D eigenvalue weighted by atomic mass is 10.0. The summed E-state index contributed by atoms with van der Waals surface area (Å²) in [6, 6.07) is 6.83. The van der Waals surface area contributed by atoms with Crippen molar-refractivity contribution >= 4 is 11.7 Å². The van der Waals surface area contributed by atoms with Gasteiger partial charge in [-0.3, -0.25) is 9.59 Å². The van der Waals surface area contributed by atoms with Crippen LogP contribution in [0.2, 0.25) is 0 Å². The number of amides is 1. The minimum absolute atomic E-state index is 0.00863. The topological polar surface area (TPSA) is 46.6 Å². The van der Waals surface area contributed by atoms with Crippen LogP contribution in [-0.2, 0) is 4.74 Å². The van der Waals surface area contributed by atoms with E-state index in [1.165, 1.54) is 6.92 Å². The predicted octanol–water partition coefficient (Wildman–Crippen LogP) is 2.39. The van der Waals surface area contributed by atoms with Crippen molar-refractivity contribution in [1.82, 2.24) is 4.90 Å². The highest BCUT2D eigenvalue weighted by Gasteiger charge is 2.19. The summed E-state index contributed by atoms with van der Waals surface area (Å²) >= 11 is 0. The second-order valence-corrected chi connectivity index (χ2v) is 5.40. The highest BCUT2D eigenvalue weighted by Crippen LogP contribution is 2.16. The first-order valence-electron chi connectivity index (χ1n) is 7.02. The van der Waals surface area contributed by atoms with Gasteiger partial charge >= 0.3 is 0 Å². The molecule has 1 aromatic rings. The van der Waals surface area contributed by atoms with Gasteiger partial charge in [0.1, 0.15) is 0 Å². The second kappa shape index (κ2) is 6.66. The van der Waals surface area contributed by atoms with Crippen LogP contribution < -0.4 is 0 Å². The SMILES string of the molecule is CC(=O)c1ccc(C(=O)N(C)C[C@@H]2CCCOC2)cc1. The summed E-state index contributed by atoms with van der Waals surface area (Å²) in [4.78, 5) is 25.3. The second-order valence-electron chi connectivity index (χ2n) is 5.40. The largest absolute Gasteiger partial charge is 0.381 e. The summed E-state index contributed by atoms with van der Waals surface area (Å²) in [5.74, 6) is 0.427. The first kappa shape index (κ1) is 14.7. The van der Waals surface area contributed by atoms with Crippen LogP contribution in [-0.4, -0.2) is 43.4 Å². The van der Waals surface area contributed by atoms with Crippen LogP contribution in [0.1, 0.15) is 40.5 Å². The molecule has 0 aliphatic carbocycles. The van der Waals surface area contributed by atoms with Crippen molar-refractivity contribution in [3.63, 3.8) is 0 Å². The minimum Gasteiger partial charge on any atom is -0.381 e. The molecule has 1 aromatic carbocycles. The number of nitrogens with zero attached hydrogens (tertiary/aromatic N) is 1.